The highest BCUT2D eigenvalue weighted by molar-refractivity contribution is 5.95. The minimum atomic E-state index is -0.109. The molecule has 0 radical (unpaired) electrons. The quantitative estimate of drug-likeness (QED) is 0.900. The fraction of sp³-hybridized carbons (Fsp3) is 0.429. The maximum atomic E-state index is 12.5. The Kier molecular flexibility index (Phi) is 3.32. The number of nitrogens with zero attached hydrogens (tertiary/aromatic N) is 5. The Morgan fingerprint density at radius 3 is 3.10 bits per heavy atom. The molecular formula is C14H18N6O. The van der Waals surface area contributed by atoms with Crippen molar-refractivity contribution in [1.82, 2.24) is 24.6 Å². The summed E-state index contributed by atoms with van der Waals surface area (Å²) < 4.78 is 2.09. The number of anilines is 1. The Morgan fingerprint density at radius 2 is 2.29 bits per heavy atom. The average Bonchev–Trinajstić information content (AvgIpc) is 3.05. The van der Waals surface area contributed by atoms with Crippen LogP contribution in [0.3, 0.4) is 0 Å². The van der Waals surface area contributed by atoms with E-state index in [1.165, 1.54) is 0 Å². The maximum absolute atomic E-state index is 12.5. The van der Waals surface area contributed by atoms with Gasteiger partial charge in [-0.2, -0.15) is 0 Å². The molecule has 2 N–H and O–H groups in total. The van der Waals surface area contributed by atoms with Crippen molar-refractivity contribution in [3.63, 3.8) is 0 Å². The molecule has 3 rings (SSSR count). The first-order valence-corrected chi connectivity index (χ1v) is 6.95. The van der Waals surface area contributed by atoms with Gasteiger partial charge in [-0.25, -0.2) is 0 Å². The summed E-state index contributed by atoms with van der Waals surface area (Å²) >= 11 is 0. The van der Waals surface area contributed by atoms with Crippen LogP contribution in [0.25, 0.3) is 0 Å². The summed E-state index contributed by atoms with van der Waals surface area (Å²) in [6.07, 6.45) is 3.61. The van der Waals surface area contributed by atoms with Crippen LogP contribution in [-0.2, 0) is 19.5 Å². The van der Waals surface area contributed by atoms with Gasteiger partial charge in [-0.15, -0.1) is 10.2 Å². The fourth-order valence-electron chi connectivity index (χ4n) is 2.58. The van der Waals surface area contributed by atoms with Crippen LogP contribution in [0.5, 0.6) is 0 Å². The molecule has 1 aliphatic rings. The van der Waals surface area contributed by atoms with Crippen LogP contribution in [0.15, 0.2) is 12.3 Å². The summed E-state index contributed by atoms with van der Waals surface area (Å²) in [7, 11) is 1.75. The summed E-state index contributed by atoms with van der Waals surface area (Å²) in [5.41, 5.74) is 7.40. The van der Waals surface area contributed by atoms with Crippen LogP contribution >= 0.6 is 0 Å². The number of carbonyl (C=O) groups is 1. The van der Waals surface area contributed by atoms with Crippen LogP contribution < -0.4 is 5.73 Å². The van der Waals surface area contributed by atoms with Crippen molar-refractivity contribution < 1.29 is 4.79 Å². The zero-order chi connectivity index (χ0) is 15.0. The van der Waals surface area contributed by atoms with Gasteiger partial charge in [0.25, 0.3) is 5.91 Å². The first-order valence-electron chi connectivity index (χ1n) is 6.95. The lowest BCUT2D eigenvalue weighted by Gasteiger charge is -2.18. The van der Waals surface area contributed by atoms with Gasteiger partial charge in [0, 0.05) is 20.0 Å². The minimum absolute atomic E-state index is 0.109. The number of hydrogen-bond acceptors (Lipinski definition) is 5. The predicted octanol–water partition coefficient (Wildman–Crippen LogP) is 0.782. The van der Waals surface area contributed by atoms with Gasteiger partial charge in [-0.3, -0.25) is 9.78 Å². The van der Waals surface area contributed by atoms with Crippen molar-refractivity contribution in [2.24, 2.45) is 0 Å². The van der Waals surface area contributed by atoms with Crippen molar-refractivity contribution in [3.05, 3.63) is 35.2 Å². The second-order valence-electron chi connectivity index (χ2n) is 5.35. The largest absolute Gasteiger partial charge is 0.397 e. The van der Waals surface area contributed by atoms with Crippen LogP contribution in [0.4, 0.5) is 5.69 Å². The number of aromatic nitrogens is 4. The summed E-state index contributed by atoms with van der Waals surface area (Å²) in [6.45, 7) is 3.16. The molecular weight excluding hydrogens is 268 g/mol. The highest BCUT2D eigenvalue weighted by Gasteiger charge is 2.21. The Bertz CT molecular complexity index is 693. The van der Waals surface area contributed by atoms with Crippen molar-refractivity contribution in [1.29, 1.82) is 0 Å². The Balaban J connectivity index is 1.80. The number of hydrogen-bond donors (Lipinski definition) is 1. The third kappa shape index (κ3) is 2.46. The SMILES string of the molecule is Cc1ncc(N)cc1C(=O)N(C)Cc1nnc2n1CCC2. The van der Waals surface area contributed by atoms with E-state index in [1.807, 2.05) is 0 Å². The molecule has 110 valence electrons. The number of amides is 1. The molecule has 0 fully saturated rings. The number of fused-ring (bicyclic) bond motifs is 1. The molecule has 0 atom stereocenters. The van der Waals surface area contributed by atoms with Crippen LogP contribution in [0.1, 0.15) is 34.1 Å². The molecule has 7 nitrogen and oxygen atoms in total. The van der Waals surface area contributed by atoms with Gasteiger partial charge in [-0.05, 0) is 19.4 Å². The van der Waals surface area contributed by atoms with Crippen molar-refractivity contribution in [2.75, 3.05) is 12.8 Å². The Labute approximate surface area is 122 Å². The summed E-state index contributed by atoms with van der Waals surface area (Å²) in [5, 5.41) is 8.33. The summed E-state index contributed by atoms with van der Waals surface area (Å²) in [4.78, 5) is 18.3. The van der Waals surface area contributed by atoms with Crippen molar-refractivity contribution in [2.45, 2.75) is 32.9 Å². The molecule has 7 heteroatoms. The second kappa shape index (κ2) is 5.16. The second-order valence-corrected chi connectivity index (χ2v) is 5.35. The molecule has 1 aliphatic heterocycles. The van der Waals surface area contributed by atoms with E-state index in [2.05, 4.69) is 19.7 Å². The van der Waals surface area contributed by atoms with E-state index in [0.29, 0.717) is 23.5 Å². The van der Waals surface area contributed by atoms with Gasteiger partial charge in [0.15, 0.2) is 5.82 Å². The zero-order valence-electron chi connectivity index (χ0n) is 12.2. The molecule has 0 spiro atoms. The normalized spacial score (nSPS) is 13.2. The van der Waals surface area contributed by atoms with Gasteiger partial charge in [-0.1, -0.05) is 0 Å². The molecule has 0 unspecified atom stereocenters. The van der Waals surface area contributed by atoms with Crippen LogP contribution in [0.2, 0.25) is 0 Å². The molecule has 0 aliphatic carbocycles. The van der Waals surface area contributed by atoms with E-state index in [0.717, 1.165) is 31.0 Å². The third-order valence-corrected chi connectivity index (χ3v) is 3.75. The molecule has 1 amide bonds. The molecule has 2 aromatic heterocycles. The van der Waals surface area contributed by atoms with Gasteiger partial charge in [0.05, 0.1) is 29.7 Å². The summed E-state index contributed by atoms with van der Waals surface area (Å²) in [5.74, 6) is 1.73. The van der Waals surface area contributed by atoms with Gasteiger partial charge < -0.3 is 15.2 Å². The molecule has 0 aromatic carbocycles. The number of carbonyl (C=O) groups excluding carboxylic acids is 1. The number of pyridine rings is 1. The number of nitrogen functional groups attached to an aromatic ring is 1. The minimum Gasteiger partial charge on any atom is -0.397 e. The highest BCUT2D eigenvalue weighted by atomic mass is 16.2. The van der Waals surface area contributed by atoms with E-state index in [-0.39, 0.29) is 5.91 Å². The number of aryl methyl sites for hydroxylation is 2. The standard InChI is InChI=1S/C14H18N6O/c1-9-11(6-10(15)7-16-9)14(21)19(2)8-13-18-17-12-4-3-5-20(12)13/h6-7H,3-5,8,15H2,1-2H3. The van der Waals surface area contributed by atoms with Crippen LogP contribution in [0, 0.1) is 6.92 Å². The van der Waals surface area contributed by atoms with E-state index in [1.54, 1.807) is 31.1 Å². The highest BCUT2D eigenvalue weighted by Crippen LogP contribution is 2.17. The zero-order valence-corrected chi connectivity index (χ0v) is 12.2. The first-order chi connectivity index (χ1) is 10.1. The van der Waals surface area contributed by atoms with Gasteiger partial charge in [0.2, 0.25) is 0 Å². The predicted molar refractivity (Wildman–Crippen MR) is 77.5 cm³/mol. The molecule has 21 heavy (non-hydrogen) atoms. The molecule has 3 heterocycles. The molecule has 0 saturated heterocycles. The van der Waals surface area contributed by atoms with E-state index >= 15 is 0 Å². The van der Waals surface area contributed by atoms with Crippen molar-refractivity contribution in [3.8, 4) is 0 Å². The van der Waals surface area contributed by atoms with Crippen LogP contribution in [-0.4, -0.2) is 37.6 Å². The van der Waals surface area contributed by atoms with Crippen molar-refractivity contribution >= 4 is 11.6 Å². The fourth-order valence-corrected chi connectivity index (χ4v) is 2.58. The van der Waals surface area contributed by atoms with E-state index in [9.17, 15) is 4.79 Å². The maximum Gasteiger partial charge on any atom is 0.255 e. The van der Waals surface area contributed by atoms with E-state index < -0.39 is 0 Å². The molecule has 2 aromatic rings. The monoisotopic (exact) mass is 286 g/mol. The number of rotatable bonds is 3. The number of nitrogens with two attached hydrogens (primary N) is 1. The topological polar surface area (TPSA) is 89.9 Å². The van der Waals surface area contributed by atoms with Gasteiger partial charge >= 0.3 is 0 Å². The van der Waals surface area contributed by atoms with Gasteiger partial charge in [0.1, 0.15) is 5.82 Å². The Morgan fingerprint density at radius 1 is 1.48 bits per heavy atom. The first kappa shape index (κ1) is 13.5. The summed E-state index contributed by atoms with van der Waals surface area (Å²) in [6, 6.07) is 1.66. The lowest BCUT2D eigenvalue weighted by atomic mass is 10.1. The average molecular weight is 286 g/mol. The third-order valence-electron chi connectivity index (χ3n) is 3.75. The molecule has 0 bridgehead atoms. The van der Waals surface area contributed by atoms with E-state index in [4.69, 9.17) is 5.73 Å². The lowest BCUT2D eigenvalue weighted by molar-refractivity contribution is 0.0779. The molecule has 0 saturated carbocycles. The Hall–Kier alpha value is -2.44. The lowest BCUT2D eigenvalue weighted by Crippen LogP contribution is -2.28. The smallest absolute Gasteiger partial charge is 0.255 e.